The van der Waals surface area contributed by atoms with E-state index in [1.54, 1.807) is 0 Å². The highest BCUT2D eigenvalue weighted by molar-refractivity contribution is 5.93. The van der Waals surface area contributed by atoms with Gasteiger partial charge in [-0.05, 0) is 12.1 Å². The molecule has 0 aromatic carbocycles. The zero-order valence-electron chi connectivity index (χ0n) is 7.22. The lowest BCUT2D eigenvalue weighted by molar-refractivity contribution is -0.141. The second kappa shape index (κ2) is 3.65. The third-order valence-electron chi connectivity index (χ3n) is 1.54. The second-order valence-electron chi connectivity index (χ2n) is 2.51. The van der Waals surface area contributed by atoms with Gasteiger partial charge in [0.25, 0.3) is 5.91 Å². The molecule has 0 saturated carbocycles. The average molecular weight is 204 g/mol. The molecule has 0 fully saturated rings. The van der Waals surface area contributed by atoms with Gasteiger partial charge in [0.15, 0.2) is 0 Å². The summed E-state index contributed by atoms with van der Waals surface area (Å²) >= 11 is 0. The van der Waals surface area contributed by atoms with E-state index in [1.807, 2.05) is 0 Å². The lowest BCUT2D eigenvalue weighted by Crippen LogP contribution is -2.18. The highest BCUT2D eigenvalue weighted by Gasteiger charge is 2.32. The summed E-state index contributed by atoms with van der Waals surface area (Å²) in [6, 6.07) is 1.85. The largest absolute Gasteiger partial charge is 0.433 e. The molecule has 14 heavy (non-hydrogen) atoms. The zero-order chi connectivity index (χ0) is 10.8. The normalized spacial score (nSPS) is 11.1. The topological polar surface area (TPSA) is 42.0 Å². The fraction of sp³-hybridized carbons (Fsp3) is 0.250. The summed E-state index contributed by atoms with van der Waals surface area (Å²) in [5.74, 6) is -0.466. The summed E-state index contributed by atoms with van der Waals surface area (Å²) in [4.78, 5) is 14.1. The molecule has 0 saturated heterocycles. The molecular formula is C8H7F3N2O. The van der Waals surface area contributed by atoms with E-state index < -0.39 is 17.8 Å². The van der Waals surface area contributed by atoms with E-state index in [0.29, 0.717) is 0 Å². The smallest absolute Gasteiger partial charge is 0.355 e. The minimum absolute atomic E-state index is 0.0977. The van der Waals surface area contributed by atoms with Gasteiger partial charge in [0.1, 0.15) is 5.69 Å². The number of nitrogens with one attached hydrogen (secondary N) is 1. The fourth-order valence-electron chi connectivity index (χ4n) is 0.840. The van der Waals surface area contributed by atoms with Crippen LogP contribution >= 0.6 is 0 Å². The van der Waals surface area contributed by atoms with Crippen molar-refractivity contribution in [3.05, 3.63) is 29.6 Å². The highest BCUT2D eigenvalue weighted by atomic mass is 19.4. The Morgan fingerprint density at radius 3 is 2.43 bits per heavy atom. The first-order chi connectivity index (χ1) is 6.45. The summed E-state index contributed by atoms with van der Waals surface area (Å²) in [7, 11) is 1.39. The Labute approximate surface area is 78.0 Å². The summed E-state index contributed by atoms with van der Waals surface area (Å²) in [5.41, 5.74) is -0.911. The van der Waals surface area contributed by atoms with Crippen molar-refractivity contribution in [2.24, 2.45) is 0 Å². The Hall–Kier alpha value is -1.59. The summed E-state index contributed by atoms with van der Waals surface area (Å²) in [6.45, 7) is 0. The second-order valence-corrected chi connectivity index (χ2v) is 2.51. The van der Waals surface area contributed by atoms with Crippen molar-refractivity contribution in [1.82, 2.24) is 10.3 Å². The number of alkyl halides is 3. The van der Waals surface area contributed by atoms with Gasteiger partial charge in [-0.1, -0.05) is 0 Å². The third-order valence-corrected chi connectivity index (χ3v) is 1.54. The predicted octanol–water partition coefficient (Wildman–Crippen LogP) is 1.46. The number of amides is 1. The van der Waals surface area contributed by atoms with Crippen molar-refractivity contribution in [2.45, 2.75) is 6.18 Å². The van der Waals surface area contributed by atoms with Crippen LogP contribution in [0, 0.1) is 0 Å². The first-order valence-corrected chi connectivity index (χ1v) is 3.70. The molecule has 1 N–H and O–H groups in total. The van der Waals surface area contributed by atoms with Crippen molar-refractivity contribution in [3.8, 4) is 0 Å². The SMILES string of the molecule is CNC(=O)c1ccc(C(F)(F)F)nc1. The van der Waals surface area contributed by atoms with Gasteiger partial charge < -0.3 is 5.32 Å². The average Bonchev–Trinajstić information content (AvgIpc) is 2.15. The van der Waals surface area contributed by atoms with Gasteiger partial charge in [0, 0.05) is 13.2 Å². The zero-order valence-corrected chi connectivity index (χ0v) is 7.22. The molecule has 0 unspecified atom stereocenters. The van der Waals surface area contributed by atoms with Crippen molar-refractivity contribution in [1.29, 1.82) is 0 Å². The van der Waals surface area contributed by atoms with Crippen molar-refractivity contribution < 1.29 is 18.0 Å². The van der Waals surface area contributed by atoms with Gasteiger partial charge >= 0.3 is 6.18 Å². The molecule has 1 aromatic rings. The Balaban J connectivity index is 2.95. The van der Waals surface area contributed by atoms with Gasteiger partial charge in [-0.25, -0.2) is 0 Å². The van der Waals surface area contributed by atoms with Crippen molar-refractivity contribution >= 4 is 5.91 Å². The highest BCUT2D eigenvalue weighted by Crippen LogP contribution is 2.27. The van der Waals surface area contributed by atoms with Gasteiger partial charge in [0.05, 0.1) is 5.56 Å². The quantitative estimate of drug-likeness (QED) is 0.752. The third kappa shape index (κ3) is 2.21. The van der Waals surface area contributed by atoms with Crippen LogP contribution < -0.4 is 5.32 Å². The number of aromatic nitrogens is 1. The van der Waals surface area contributed by atoms with Crippen molar-refractivity contribution in [3.63, 3.8) is 0 Å². The molecular weight excluding hydrogens is 197 g/mol. The van der Waals surface area contributed by atoms with Crippen LogP contribution in [0.2, 0.25) is 0 Å². The lowest BCUT2D eigenvalue weighted by atomic mass is 10.2. The standard InChI is InChI=1S/C8H7F3N2O/c1-12-7(14)5-2-3-6(13-4-5)8(9,10)11/h2-4H,1H3,(H,12,14). The van der Waals surface area contributed by atoms with E-state index >= 15 is 0 Å². The summed E-state index contributed by atoms with van der Waals surface area (Å²) in [5, 5.41) is 2.28. The Bertz CT molecular complexity index is 331. The van der Waals surface area contributed by atoms with Crippen LogP contribution in [0.1, 0.15) is 16.1 Å². The van der Waals surface area contributed by atoms with Crippen LogP contribution in [-0.4, -0.2) is 17.9 Å². The van der Waals surface area contributed by atoms with Crippen LogP contribution in [-0.2, 0) is 6.18 Å². The molecule has 3 nitrogen and oxygen atoms in total. The minimum atomic E-state index is -4.47. The number of rotatable bonds is 1. The maximum Gasteiger partial charge on any atom is 0.433 e. The molecule has 0 aliphatic rings. The van der Waals surface area contributed by atoms with Gasteiger partial charge in [0.2, 0.25) is 0 Å². The number of nitrogens with zero attached hydrogens (tertiary/aromatic N) is 1. The molecule has 0 atom stereocenters. The number of pyridine rings is 1. The number of hydrogen-bond acceptors (Lipinski definition) is 2. The van der Waals surface area contributed by atoms with E-state index in [-0.39, 0.29) is 5.56 Å². The molecule has 76 valence electrons. The molecule has 0 spiro atoms. The number of halogens is 3. The molecule has 0 bridgehead atoms. The Morgan fingerprint density at radius 2 is 2.07 bits per heavy atom. The first kappa shape index (κ1) is 10.5. The van der Waals surface area contributed by atoms with Gasteiger partial charge in [-0.2, -0.15) is 13.2 Å². The van der Waals surface area contributed by atoms with Crippen molar-refractivity contribution in [2.75, 3.05) is 7.05 Å². The lowest BCUT2D eigenvalue weighted by Gasteiger charge is -2.05. The van der Waals surface area contributed by atoms with E-state index in [1.165, 1.54) is 7.05 Å². The van der Waals surface area contributed by atoms with Gasteiger partial charge in [-0.3, -0.25) is 9.78 Å². The molecule has 1 rings (SSSR count). The summed E-state index contributed by atoms with van der Waals surface area (Å²) < 4.78 is 36.1. The molecule has 1 heterocycles. The molecule has 0 aliphatic heterocycles. The maximum absolute atomic E-state index is 12.0. The van der Waals surface area contributed by atoms with E-state index in [4.69, 9.17) is 0 Å². The van der Waals surface area contributed by atoms with Gasteiger partial charge in [-0.15, -0.1) is 0 Å². The summed E-state index contributed by atoms with van der Waals surface area (Å²) in [6.07, 6.45) is -3.58. The molecule has 0 radical (unpaired) electrons. The van der Waals surface area contributed by atoms with Crippen LogP contribution in [0.15, 0.2) is 18.3 Å². The minimum Gasteiger partial charge on any atom is -0.355 e. The van der Waals surface area contributed by atoms with E-state index in [9.17, 15) is 18.0 Å². The molecule has 1 amide bonds. The number of carbonyl (C=O) groups excluding carboxylic acids is 1. The molecule has 0 aliphatic carbocycles. The maximum atomic E-state index is 12.0. The van der Waals surface area contributed by atoms with Crippen LogP contribution in [0.4, 0.5) is 13.2 Å². The van der Waals surface area contributed by atoms with Crippen LogP contribution in [0.25, 0.3) is 0 Å². The van der Waals surface area contributed by atoms with Crippen LogP contribution in [0.3, 0.4) is 0 Å². The first-order valence-electron chi connectivity index (χ1n) is 3.70. The van der Waals surface area contributed by atoms with E-state index in [2.05, 4.69) is 10.3 Å². The number of carbonyl (C=O) groups is 1. The molecule has 6 heteroatoms. The van der Waals surface area contributed by atoms with Crippen LogP contribution in [0.5, 0.6) is 0 Å². The Kier molecular flexibility index (Phi) is 2.73. The number of hydrogen-bond donors (Lipinski definition) is 1. The fourth-order valence-corrected chi connectivity index (χ4v) is 0.840. The monoisotopic (exact) mass is 204 g/mol. The van der Waals surface area contributed by atoms with E-state index in [0.717, 1.165) is 18.3 Å². The Morgan fingerprint density at radius 1 is 1.43 bits per heavy atom. The molecule has 1 aromatic heterocycles. The predicted molar refractivity (Wildman–Crippen MR) is 42.6 cm³/mol.